The molecule has 0 aliphatic rings. The molecule has 0 bridgehead atoms. The van der Waals surface area contributed by atoms with Crippen LogP contribution in [0.4, 0.5) is 22.0 Å². The predicted molar refractivity (Wildman–Crippen MR) is 96.1 cm³/mol. The van der Waals surface area contributed by atoms with E-state index in [1.54, 1.807) is 4.72 Å². The Hall–Kier alpha value is -3.48. The third-order valence-corrected chi connectivity index (χ3v) is 5.32. The molecule has 164 valence electrons. The maximum absolute atomic E-state index is 13.9. The number of imidazole rings is 1. The van der Waals surface area contributed by atoms with Crippen LogP contribution in [0.25, 0.3) is 5.69 Å². The molecular weight excluding hydrogens is 449 g/mol. The van der Waals surface area contributed by atoms with Gasteiger partial charge in [0.1, 0.15) is 34.3 Å². The van der Waals surface area contributed by atoms with Crippen molar-refractivity contribution in [2.75, 3.05) is 7.11 Å². The Morgan fingerprint density at radius 3 is 2.48 bits per heavy atom. The number of alkyl halides is 3. The zero-order valence-electron chi connectivity index (χ0n) is 15.4. The quantitative estimate of drug-likeness (QED) is 0.589. The first-order chi connectivity index (χ1) is 14.4. The molecule has 13 heteroatoms. The number of carbonyl (C=O) groups excluding carboxylic acids is 1. The van der Waals surface area contributed by atoms with Gasteiger partial charge in [0.15, 0.2) is 0 Å². The van der Waals surface area contributed by atoms with E-state index in [4.69, 9.17) is 4.74 Å². The Bertz CT molecular complexity index is 1260. The minimum atomic E-state index is -4.81. The predicted octanol–water partition coefficient (Wildman–Crippen LogP) is 3.30. The Labute approximate surface area is 172 Å². The number of amides is 1. The van der Waals surface area contributed by atoms with Crippen LogP contribution in [0.1, 0.15) is 16.1 Å². The van der Waals surface area contributed by atoms with Crippen molar-refractivity contribution < 1.29 is 39.9 Å². The highest BCUT2D eigenvalue weighted by molar-refractivity contribution is 7.90. The van der Waals surface area contributed by atoms with Crippen LogP contribution in [-0.4, -0.2) is 31.0 Å². The van der Waals surface area contributed by atoms with Crippen molar-refractivity contribution in [1.82, 2.24) is 14.3 Å². The Morgan fingerprint density at radius 1 is 1.13 bits per heavy atom. The summed E-state index contributed by atoms with van der Waals surface area (Å²) in [4.78, 5) is 15.0. The zero-order valence-corrected chi connectivity index (χ0v) is 16.3. The summed E-state index contributed by atoms with van der Waals surface area (Å²) in [5.74, 6) is -3.59. The van der Waals surface area contributed by atoms with Gasteiger partial charge in [0.05, 0.1) is 12.7 Å². The van der Waals surface area contributed by atoms with Crippen LogP contribution >= 0.6 is 0 Å². The molecule has 2 aromatic carbocycles. The second kappa shape index (κ2) is 7.98. The molecule has 7 nitrogen and oxygen atoms in total. The number of aromatic nitrogens is 2. The van der Waals surface area contributed by atoms with E-state index in [0.29, 0.717) is 12.1 Å². The maximum atomic E-state index is 13.9. The summed E-state index contributed by atoms with van der Waals surface area (Å²) >= 11 is 0. The van der Waals surface area contributed by atoms with Crippen LogP contribution < -0.4 is 9.46 Å². The molecule has 0 saturated carbocycles. The number of nitrogens with one attached hydrogen (secondary N) is 1. The van der Waals surface area contributed by atoms with Gasteiger partial charge in [0.25, 0.3) is 15.9 Å². The fourth-order valence-electron chi connectivity index (χ4n) is 2.51. The first-order valence-electron chi connectivity index (χ1n) is 8.23. The fraction of sp³-hybridized carbons (Fsp3) is 0.111. The molecule has 0 aliphatic carbocycles. The molecule has 1 amide bonds. The molecule has 0 spiro atoms. The summed E-state index contributed by atoms with van der Waals surface area (Å²) in [6, 6.07) is 4.54. The second-order valence-electron chi connectivity index (χ2n) is 6.09. The lowest BCUT2D eigenvalue weighted by atomic mass is 10.2. The lowest BCUT2D eigenvalue weighted by Crippen LogP contribution is -2.31. The van der Waals surface area contributed by atoms with E-state index in [0.717, 1.165) is 35.3 Å². The van der Waals surface area contributed by atoms with Gasteiger partial charge in [-0.1, -0.05) is 0 Å². The van der Waals surface area contributed by atoms with Crippen LogP contribution in [0, 0.1) is 11.6 Å². The van der Waals surface area contributed by atoms with Crippen LogP contribution in [0.5, 0.6) is 5.75 Å². The summed E-state index contributed by atoms with van der Waals surface area (Å²) in [5.41, 5.74) is -2.09. The van der Waals surface area contributed by atoms with Gasteiger partial charge in [-0.15, -0.1) is 0 Å². The van der Waals surface area contributed by atoms with Gasteiger partial charge in [-0.2, -0.15) is 13.2 Å². The summed E-state index contributed by atoms with van der Waals surface area (Å²) in [7, 11) is -3.44. The average Bonchev–Trinajstić information content (AvgIpc) is 3.17. The van der Waals surface area contributed by atoms with Gasteiger partial charge in [-0.3, -0.25) is 4.79 Å². The van der Waals surface area contributed by atoms with Gasteiger partial charge < -0.3 is 9.30 Å². The molecule has 1 N–H and O–H groups in total. The number of nitrogens with zero attached hydrogens (tertiary/aromatic N) is 2. The molecule has 1 aromatic heterocycles. The summed E-state index contributed by atoms with van der Waals surface area (Å²) in [6.07, 6.45) is -3.03. The second-order valence-corrected chi connectivity index (χ2v) is 7.74. The molecule has 0 unspecified atom stereocenters. The highest BCUT2D eigenvalue weighted by Gasteiger charge is 2.31. The number of rotatable bonds is 5. The molecular formula is C18H12F5N3O4S. The fourth-order valence-corrected chi connectivity index (χ4v) is 3.57. The van der Waals surface area contributed by atoms with Crippen molar-refractivity contribution in [2.24, 2.45) is 0 Å². The van der Waals surface area contributed by atoms with Crippen molar-refractivity contribution in [2.45, 2.75) is 11.1 Å². The van der Waals surface area contributed by atoms with Crippen LogP contribution in [-0.2, 0) is 16.2 Å². The molecule has 3 rings (SSSR count). The van der Waals surface area contributed by atoms with Crippen molar-refractivity contribution in [1.29, 1.82) is 0 Å². The number of benzene rings is 2. The Kier molecular flexibility index (Phi) is 5.72. The third kappa shape index (κ3) is 4.82. The highest BCUT2D eigenvalue weighted by Crippen LogP contribution is 2.31. The zero-order chi connectivity index (χ0) is 23.0. The SMILES string of the molecule is COc1ccc(F)c(S(=O)(=O)NC(=O)c2cn(-c3cc(F)cc(C(F)(F)F)c3)cn2)c1. The first kappa shape index (κ1) is 22.2. The average molecular weight is 461 g/mol. The van der Waals surface area contributed by atoms with Crippen LogP contribution in [0.2, 0.25) is 0 Å². The molecule has 3 aromatic rings. The van der Waals surface area contributed by atoms with E-state index in [1.807, 2.05) is 0 Å². The minimum absolute atomic E-state index is 0.0186. The van der Waals surface area contributed by atoms with Gasteiger partial charge in [0.2, 0.25) is 0 Å². The van der Waals surface area contributed by atoms with Crippen molar-refractivity contribution >= 4 is 15.9 Å². The molecule has 0 aliphatic heterocycles. The number of hydrogen-bond acceptors (Lipinski definition) is 5. The van der Waals surface area contributed by atoms with E-state index < -0.39 is 49.9 Å². The number of hydrogen-bond donors (Lipinski definition) is 1. The molecule has 0 fully saturated rings. The first-order valence-corrected chi connectivity index (χ1v) is 9.72. The van der Waals surface area contributed by atoms with Crippen LogP contribution in [0.15, 0.2) is 53.8 Å². The van der Waals surface area contributed by atoms with Gasteiger partial charge >= 0.3 is 6.18 Å². The summed E-state index contributed by atoms with van der Waals surface area (Å²) in [6.45, 7) is 0. The Balaban J connectivity index is 1.88. The maximum Gasteiger partial charge on any atom is 0.416 e. The van der Waals surface area contributed by atoms with Crippen molar-refractivity contribution in [3.8, 4) is 11.4 Å². The molecule has 0 radical (unpaired) electrons. The summed E-state index contributed by atoms with van der Waals surface area (Å²) < 4.78 is 98.1. The number of carbonyl (C=O) groups is 1. The Morgan fingerprint density at radius 2 is 1.84 bits per heavy atom. The van der Waals surface area contributed by atoms with Crippen molar-refractivity contribution in [3.63, 3.8) is 0 Å². The normalized spacial score (nSPS) is 11.9. The van der Waals surface area contributed by atoms with E-state index in [-0.39, 0.29) is 11.4 Å². The third-order valence-electron chi connectivity index (χ3n) is 3.98. The molecule has 31 heavy (non-hydrogen) atoms. The van der Waals surface area contributed by atoms with Gasteiger partial charge in [-0.25, -0.2) is 26.9 Å². The van der Waals surface area contributed by atoms with Gasteiger partial charge in [-0.05, 0) is 30.3 Å². The molecule has 0 saturated heterocycles. The standard InChI is InChI=1S/C18H12F5N3O4S/c1-30-13-2-3-14(20)16(7-13)31(28,29)25-17(27)15-8-26(9-24-15)12-5-10(18(21,22)23)4-11(19)6-12/h2-9H,1H3,(H,25,27). The lowest BCUT2D eigenvalue weighted by molar-refractivity contribution is -0.137. The minimum Gasteiger partial charge on any atom is -0.497 e. The van der Waals surface area contributed by atoms with E-state index in [1.165, 1.54) is 13.2 Å². The summed E-state index contributed by atoms with van der Waals surface area (Å²) in [5, 5.41) is 0. The van der Waals surface area contributed by atoms with E-state index in [2.05, 4.69) is 4.98 Å². The molecule has 0 atom stereocenters. The van der Waals surface area contributed by atoms with E-state index >= 15 is 0 Å². The topological polar surface area (TPSA) is 90.3 Å². The molecule has 1 heterocycles. The smallest absolute Gasteiger partial charge is 0.416 e. The lowest BCUT2D eigenvalue weighted by Gasteiger charge is -2.10. The monoisotopic (exact) mass is 461 g/mol. The largest absolute Gasteiger partial charge is 0.497 e. The number of sulfonamides is 1. The number of ether oxygens (including phenoxy) is 1. The number of halogens is 5. The highest BCUT2D eigenvalue weighted by atomic mass is 32.2. The number of methoxy groups -OCH3 is 1. The van der Waals surface area contributed by atoms with Crippen LogP contribution in [0.3, 0.4) is 0 Å². The van der Waals surface area contributed by atoms with Gasteiger partial charge in [0, 0.05) is 18.0 Å². The van der Waals surface area contributed by atoms with E-state index in [9.17, 15) is 35.2 Å². The van der Waals surface area contributed by atoms with Crippen molar-refractivity contribution in [3.05, 3.63) is 71.8 Å².